The third kappa shape index (κ3) is 4.64. The van der Waals surface area contributed by atoms with Crippen LogP contribution >= 0.6 is 0 Å². The van der Waals surface area contributed by atoms with Gasteiger partial charge in [-0.25, -0.2) is 4.98 Å². The van der Waals surface area contributed by atoms with E-state index in [1.165, 1.54) is 12.8 Å². The Balaban J connectivity index is 1.25. The monoisotopic (exact) mass is 445 g/mol. The number of nitrogens with zero attached hydrogens (tertiary/aromatic N) is 4. The number of aromatic nitrogens is 2. The zero-order valence-electron chi connectivity index (χ0n) is 19.2. The van der Waals surface area contributed by atoms with E-state index >= 15 is 0 Å². The Morgan fingerprint density at radius 2 is 1.85 bits per heavy atom. The van der Waals surface area contributed by atoms with Gasteiger partial charge in [0.15, 0.2) is 5.82 Å². The van der Waals surface area contributed by atoms with Crippen molar-refractivity contribution < 1.29 is 9.59 Å². The Morgan fingerprint density at radius 3 is 2.64 bits per heavy atom. The number of carbonyl (C=O) groups is 2. The van der Waals surface area contributed by atoms with E-state index in [2.05, 4.69) is 22.1 Å². The number of piperidine rings is 1. The number of fused-ring (bicyclic) bond motifs is 3. The van der Waals surface area contributed by atoms with Gasteiger partial charge in [0.25, 0.3) is 11.8 Å². The van der Waals surface area contributed by atoms with Crippen molar-refractivity contribution in [2.45, 2.75) is 32.9 Å². The molecule has 2 aromatic carbocycles. The molecule has 2 aliphatic rings. The molecule has 0 unspecified atom stereocenters. The Bertz CT molecular complexity index is 1150. The van der Waals surface area contributed by atoms with E-state index in [0.717, 1.165) is 36.6 Å². The molecule has 7 heteroatoms. The molecule has 0 saturated carbocycles. The summed E-state index contributed by atoms with van der Waals surface area (Å²) in [5, 5.41) is 3.04. The molecule has 0 aliphatic carbocycles. The highest BCUT2D eigenvalue weighted by Gasteiger charge is 2.28. The first-order valence-corrected chi connectivity index (χ1v) is 11.9. The zero-order valence-corrected chi connectivity index (χ0v) is 19.2. The molecule has 3 heterocycles. The summed E-state index contributed by atoms with van der Waals surface area (Å²) in [7, 11) is 0. The Hall–Kier alpha value is -3.19. The van der Waals surface area contributed by atoms with Crippen molar-refractivity contribution >= 4 is 22.8 Å². The molecule has 1 aromatic heterocycles. The second kappa shape index (κ2) is 9.35. The lowest BCUT2D eigenvalue weighted by atomic mass is 9.99. The van der Waals surface area contributed by atoms with Gasteiger partial charge in [-0.3, -0.25) is 9.59 Å². The van der Waals surface area contributed by atoms with Crippen LogP contribution in [-0.4, -0.2) is 63.9 Å². The Labute approximate surface area is 194 Å². The van der Waals surface area contributed by atoms with Crippen molar-refractivity contribution in [1.29, 1.82) is 0 Å². The maximum absolute atomic E-state index is 13.1. The van der Waals surface area contributed by atoms with Gasteiger partial charge in [0.2, 0.25) is 0 Å². The van der Waals surface area contributed by atoms with E-state index in [4.69, 9.17) is 0 Å². The minimum Gasteiger partial charge on any atom is -0.351 e. The molecule has 33 heavy (non-hydrogen) atoms. The summed E-state index contributed by atoms with van der Waals surface area (Å²) in [6.45, 7) is 7.96. The number of benzene rings is 2. The summed E-state index contributed by atoms with van der Waals surface area (Å²) in [4.78, 5) is 34.7. The number of imidazole rings is 1. The van der Waals surface area contributed by atoms with Crippen LogP contribution in [0.1, 0.15) is 46.3 Å². The maximum Gasteiger partial charge on any atom is 0.290 e. The second-order valence-corrected chi connectivity index (χ2v) is 9.28. The van der Waals surface area contributed by atoms with Crippen LogP contribution in [0.3, 0.4) is 0 Å². The number of rotatable bonds is 6. The number of hydrogen-bond acceptors (Lipinski definition) is 4. The summed E-state index contributed by atoms with van der Waals surface area (Å²) in [5.74, 6) is 1.10. The Kier molecular flexibility index (Phi) is 6.13. The third-order valence-corrected chi connectivity index (χ3v) is 6.89. The molecule has 7 nitrogen and oxygen atoms in total. The summed E-state index contributed by atoms with van der Waals surface area (Å²) < 4.78 is 1.97. The van der Waals surface area contributed by atoms with Crippen molar-refractivity contribution in [3.05, 3.63) is 65.5 Å². The SMILES string of the molecule is CC1CCN(CCNC(=O)c2ccc3c(c2)nc2n3CCN(Cc3ccccc3)C2=O)CC1. The average molecular weight is 446 g/mol. The van der Waals surface area contributed by atoms with Crippen molar-refractivity contribution in [3.8, 4) is 0 Å². The van der Waals surface area contributed by atoms with E-state index in [9.17, 15) is 9.59 Å². The highest BCUT2D eigenvalue weighted by atomic mass is 16.2. The van der Waals surface area contributed by atoms with Crippen LogP contribution in [-0.2, 0) is 13.1 Å². The van der Waals surface area contributed by atoms with Crippen molar-refractivity contribution in [3.63, 3.8) is 0 Å². The smallest absolute Gasteiger partial charge is 0.290 e. The summed E-state index contributed by atoms with van der Waals surface area (Å²) >= 11 is 0. The van der Waals surface area contributed by atoms with E-state index in [-0.39, 0.29) is 11.8 Å². The zero-order chi connectivity index (χ0) is 22.8. The quantitative estimate of drug-likeness (QED) is 0.633. The average Bonchev–Trinajstić information content (AvgIpc) is 3.21. The molecule has 1 saturated heterocycles. The lowest BCUT2D eigenvalue weighted by molar-refractivity contribution is 0.0685. The standard InChI is InChI=1S/C26H31N5O2/c1-19-9-12-29(13-10-19)14-11-27-25(32)21-7-8-23-22(17-21)28-24-26(33)30(15-16-31(23)24)18-20-5-3-2-4-6-20/h2-8,17,19H,9-16,18H2,1H3,(H,27,32). The van der Waals surface area contributed by atoms with Crippen molar-refractivity contribution in [1.82, 2.24) is 24.7 Å². The van der Waals surface area contributed by atoms with Gasteiger partial charge < -0.3 is 19.7 Å². The first-order chi connectivity index (χ1) is 16.1. The molecule has 0 bridgehead atoms. The number of amides is 2. The van der Waals surface area contributed by atoms with Crippen LogP contribution in [0.5, 0.6) is 0 Å². The lowest BCUT2D eigenvalue weighted by Gasteiger charge is -2.30. The van der Waals surface area contributed by atoms with Crippen LogP contribution in [0, 0.1) is 5.92 Å². The van der Waals surface area contributed by atoms with E-state index < -0.39 is 0 Å². The second-order valence-electron chi connectivity index (χ2n) is 9.28. The van der Waals surface area contributed by atoms with Gasteiger partial charge in [-0.05, 0) is 55.6 Å². The molecular weight excluding hydrogens is 414 g/mol. The molecule has 172 valence electrons. The summed E-state index contributed by atoms with van der Waals surface area (Å²) in [6, 6.07) is 15.5. The molecule has 1 N–H and O–H groups in total. The topological polar surface area (TPSA) is 70.5 Å². The van der Waals surface area contributed by atoms with Gasteiger partial charge in [-0.2, -0.15) is 0 Å². The molecule has 0 spiro atoms. The van der Waals surface area contributed by atoms with E-state index in [1.54, 1.807) is 6.07 Å². The maximum atomic E-state index is 13.1. The van der Waals surface area contributed by atoms with Crippen molar-refractivity contribution in [2.24, 2.45) is 5.92 Å². The number of likely N-dealkylation sites (tertiary alicyclic amines) is 1. The molecule has 2 amide bonds. The summed E-state index contributed by atoms with van der Waals surface area (Å²) in [5.41, 5.74) is 3.28. The van der Waals surface area contributed by atoms with E-state index in [0.29, 0.717) is 43.1 Å². The fraction of sp³-hybridized carbons (Fsp3) is 0.423. The predicted molar refractivity (Wildman–Crippen MR) is 128 cm³/mol. The highest BCUT2D eigenvalue weighted by Crippen LogP contribution is 2.23. The molecule has 2 aliphatic heterocycles. The molecule has 3 aromatic rings. The first-order valence-electron chi connectivity index (χ1n) is 11.9. The van der Waals surface area contributed by atoms with Crippen LogP contribution in [0.25, 0.3) is 11.0 Å². The van der Waals surface area contributed by atoms with Gasteiger partial charge in [-0.1, -0.05) is 37.3 Å². The summed E-state index contributed by atoms with van der Waals surface area (Å²) in [6.07, 6.45) is 2.47. The van der Waals surface area contributed by atoms with Gasteiger partial charge in [0, 0.05) is 38.3 Å². The van der Waals surface area contributed by atoms with Crippen LogP contribution in [0.4, 0.5) is 0 Å². The molecule has 0 radical (unpaired) electrons. The van der Waals surface area contributed by atoms with Gasteiger partial charge in [0.1, 0.15) is 0 Å². The third-order valence-electron chi connectivity index (χ3n) is 6.89. The lowest BCUT2D eigenvalue weighted by Crippen LogP contribution is -2.39. The van der Waals surface area contributed by atoms with Crippen molar-refractivity contribution in [2.75, 3.05) is 32.7 Å². The first kappa shape index (κ1) is 21.6. The highest BCUT2D eigenvalue weighted by molar-refractivity contribution is 6.00. The van der Waals surface area contributed by atoms with Crippen LogP contribution in [0.2, 0.25) is 0 Å². The predicted octanol–water partition coefficient (Wildman–Crippen LogP) is 3.15. The van der Waals surface area contributed by atoms with Gasteiger partial charge in [0.05, 0.1) is 11.0 Å². The van der Waals surface area contributed by atoms with Crippen LogP contribution in [0.15, 0.2) is 48.5 Å². The minimum atomic E-state index is -0.0923. The molecular formula is C26H31N5O2. The number of carbonyl (C=O) groups excluding carboxylic acids is 2. The minimum absolute atomic E-state index is 0.0665. The molecule has 0 atom stereocenters. The fourth-order valence-corrected chi connectivity index (χ4v) is 4.79. The Morgan fingerprint density at radius 1 is 1.06 bits per heavy atom. The normalized spacial score (nSPS) is 17.4. The van der Waals surface area contributed by atoms with Gasteiger partial charge >= 0.3 is 0 Å². The largest absolute Gasteiger partial charge is 0.351 e. The molecule has 1 fully saturated rings. The number of hydrogen-bond donors (Lipinski definition) is 1. The number of nitrogens with one attached hydrogen (secondary N) is 1. The van der Waals surface area contributed by atoms with E-state index in [1.807, 2.05) is 51.9 Å². The fourth-order valence-electron chi connectivity index (χ4n) is 4.79. The van der Waals surface area contributed by atoms with Crippen LogP contribution < -0.4 is 5.32 Å². The van der Waals surface area contributed by atoms with Gasteiger partial charge in [-0.15, -0.1) is 0 Å². The molecule has 5 rings (SSSR count).